The molecule has 2 rings (SSSR count). The molecular weight excluding hydrogens is 286 g/mol. The molecule has 1 heterocycles. The van der Waals surface area contributed by atoms with Crippen LogP contribution in [0.25, 0.3) is 5.69 Å². The predicted octanol–water partition coefficient (Wildman–Crippen LogP) is 2.05. The van der Waals surface area contributed by atoms with Gasteiger partial charge in [-0.05, 0) is 31.4 Å². The maximum Gasteiger partial charge on any atom is 0.253 e. The smallest absolute Gasteiger partial charge is 0.253 e. The number of carbonyl (C=O) groups is 1. The number of amides is 1. The maximum atomic E-state index is 12.4. The number of likely N-dealkylation sites (N-methyl/N-ethyl adjacent to an activating group) is 1. The molecule has 1 aromatic carbocycles. The van der Waals surface area contributed by atoms with E-state index >= 15 is 0 Å². The quantitative estimate of drug-likeness (QED) is 0.830. The van der Waals surface area contributed by atoms with Crippen LogP contribution in [0, 0.1) is 0 Å². The summed E-state index contributed by atoms with van der Waals surface area (Å²) in [6.07, 6.45) is 5.58. The van der Waals surface area contributed by atoms with Crippen molar-refractivity contribution in [2.45, 2.75) is 12.1 Å². The molecule has 0 saturated heterocycles. The number of nitrogens with zero attached hydrogens (tertiary/aromatic N) is 3. The normalized spacial score (nSPS) is 10.6. The molecule has 1 amide bonds. The van der Waals surface area contributed by atoms with Gasteiger partial charge in [-0.3, -0.25) is 9.36 Å². The Morgan fingerprint density at radius 3 is 2.95 bits per heavy atom. The first-order chi connectivity index (χ1) is 10.2. The number of imidazole rings is 1. The third-order valence-corrected chi connectivity index (χ3v) is 3.87. The van der Waals surface area contributed by atoms with Crippen molar-refractivity contribution >= 4 is 17.7 Å². The van der Waals surface area contributed by atoms with Gasteiger partial charge in [-0.2, -0.15) is 0 Å². The zero-order valence-corrected chi connectivity index (χ0v) is 13.0. The fraction of sp³-hybridized carbons (Fsp3) is 0.333. The number of benzene rings is 1. The Balaban J connectivity index is 2.31. The molecule has 1 aromatic heterocycles. The number of rotatable bonds is 6. The molecule has 2 aromatic rings. The molecule has 0 aliphatic rings. The number of hydrogen-bond donors (Lipinski definition) is 1. The van der Waals surface area contributed by atoms with Crippen LogP contribution in [-0.2, 0) is 0 Å². The molecule has 1 N–H and O–H groups in total. The second-order valence-corrected chi connectivity index (χ2v) is 5.22. The van der Waals surface area contributed by atoms with Crippen LogP contribution in [-0.4, -0.2) is 51.4 Å². The van der Waals surface area contributed by atoms with Gasteiger partial charge in [0.2, 0.25) is 0 Å². The Hall–Kier alpha value is -1.79. The third-order valence-electron chi connectivity index (χ3n) is 3.20. The molecule has 0 radical (unpaired) electrons. The van der Waals surface area contributed by atoms with Gasteiger partial charge in [0.1, 0.15) is 0 Å². The van der Waals surface area contributed by atoms with Crippen LogP contribution in [0.2, 0.25) is 0 Å². The lowest BCUT2D eigenvalue weighted by atomic mass is 10.1. The van der Waals surface area contributed by atoms with Crippen LogP contribution in [0.15, 0.2) is 41.8 Å². The molecule has 21 heavy (non-hydrogen) atoms. The highest BCUT2D eigenvalue weighted by molar-refractivity contribution is 7.98. The summed E-state index contributed by atoms with van der Waals surface area (Å²) in [6, 6.07) is 7.45. The molecule has 112 valence electrons. The lowest BCUT2D eigenvalue weighted by molar-refractivity contribution is 0.0732. The second-order valence-electron chi connectivity index (χ2n) is 4.44. The van der Waals surface area contributed by atoms with Crippen LogP contribution >= 0.6 is 11.8 Å². The zero-order valence-electron chi connectivity index (χ0n) is 12.2. The Bertz CT molecular complexity index is 612. The molecule has 0 saturated carbocycles. The monoisotopic (exact) mass is 305 g/mol. The first-order valence-corrected chi connectivity index (χ1v) is 8.01. The van der Waals surface area contributed by atoms with E-state index in [9.17, 15) is 4.79 Å². The summed E-state index contributed by atoms with van der Waals surface area (Å²) >= 11 is 1.55. The highest BCUT2D eigenvalue weighted by atomic mass is 32.2. The summed E-state index contributed by atoms with van der Waals surface area (Å²) < 4.78 is 1.95. The number of aromatic nitrogens is 2. The van der Waals surface area contributed by atoms with E-state index in [2.05, 4.69) is 4.98 Å². The van der Waals surface area contributed by atoms with Crippen molar-refractivity contribution in [3.63, 3.8) is 0 Å². The van der Waals surface area contributed by atoms with Gasteiger partial charge in [-0.25, -0.2) is 4.98 Å². The van der Waals surface area contributed by atoms with E-state index in [0.29, 0.717) is 18.7 Å². The summed E-state index contributed by atoms with van der Waals surface area (Å²) in [7, 11) is 0. The molecule has 6 heteroatoms. The minimum atomic E-state index is -0.0702. The van der Waals surface area contributed by atoms with Crippen LogP contribution < -0.4 is 0 Å². The number of carbonyl (C=O) groups excluding carboxylic acids is 1. The molecule has 0 unspecified atom stereocenters. The van der Waals surface area contributed by atoms with E-state index in [1.807, 2.05) is 42.1 Å². The van der Waals surface area contributed by atoms with E-state index in [4.69, 9.17) is 5.11 Å². The standard InChI is InChI=1S/C15H19N3O2S/c1-3-17(9-10-19)14(20)12-5-4-6-13(11-12)18-8-7-16-15(18)21-2/h4-8,11,19H,3,9-10H2,1-2H3. The van der Waals surface area contributed by atoms with Gasteiger partial charge >= 0.3 is 0 Å². The van der Waals surface area contributed by atoms with E-state index < -0.39 is 0 Å². The summed E-state index contributed by atoms with van der Waals surface area (Å²) in [5.74, 6) is -0.0702. The maximum absolute atomic E-state index is 12.4. The van der Waals surface area contributed by atoms with Crippen LogP contribution in [0.3, 0.4) is 0 Å². The average Bonchev–Trinajstić information content (AvgIpc) is 3.00. The summed E-state index contributed by atoms with van der Waals surface area (Å²) in [5.41, 5.74) is 1.52. The SMILES string of the molecule is CCN(CCO)C(=O)c1cccc(-n2ccnc2SC)c1. The minimum absolute atomic E-state index is 0.0303. The van der Waals surface area contributed by atoms with Crippen molar-refractivity contribution in [3.05, 3.63) is 42.2 Å². The molecule has 0 atom stereocenters. The molecule has 5 nitrogen and oxygen atoms in total. The van der Waals surface area contributed by atoms with Gasteiger partial charge in [0.15, 0.2) is 5.16 Å². The first-order valence-electron chi connectivity index (χ1n) is 6.79. The summed E-state index contributed by atoms with van der Waals surface area (Å²) in [4.78, 5) is 18.3. The molecule has 0 aliphatic carbocycles. The van der Waals surface area contributed by atoms with E-state index in [-0.39, 0.29) is 12.5 Å². The molecule has 0 spiro atoms. The van der Waals surface area contributed by atoms with Crippen molar-refractivity contribution in [3.8, 4) is 5.69 Å². The molecule has 0 fully saturated rings. The summed E-state index contributed by atoms with van der Waals surface area (Å²) in [5, 5.41) is 9.90. The molecule has 0 aliphatic heterocycles. The van der Waals surface area contributed by atoms with Crippen LogP contribution in [0.4, 0.5) is 0 Å². The summed E-state index contributed by atoms with van der Waals surface area (Å²) in [6.45, 7) is 2.79. The first kappa shape index (κ1) is 15.6. The van der Waals surface area contributed by atoms with Crippen LogP contribution in [0.1, 0.15) is 17.3 Å². The van der Waals surface area contributed by atoms with Crippen LogP contribution in [0.5, 0.6) is 0 Å². The van der Waals surface area contributed by atoms with Gasteiger partial charge in [-0.15, -0.1) is 0 Å². The Labute approximate surface area is 128 Å². The van der Waals surface area contributed by atoms with Crippen molar-refractivity contribution < 1.29 is 9.90 Å². The number of aliphatic hydroxyl groups excluding tert-OH is 1. The van der Waals surface area contributed by atoms with Crippen molar-refractivity contribution in [2.24, 2.45) is 0 Å². The van der Waals surface area contributed by atoms with Crippen molar-refractivity contribution in [1.29, 1.82) is 0 Å². The Morgan fingerprint density at radius 1 is 1.48 bits per heavy atom. The lowest BCUT2D eigenvalue weighted by Gasteiger charge is -2.20. The topological polar surface area (TPSA) is 58.4 Å². The number of thioether (sulfide) groups is 1. The van der Waals surface area contributed by atoms with Gasteiger partial charge < -0.3 is 10.0 Å². The average molecular weight is 305 g/mol. The third kappa shape index (κ3) is 3.46. The van der Waals surface area contributed by atoms with Gasteiger partial charge in [0.25, 0.3) is 5.91 Å². The predicted molar refractivity (Wildman–Crippen MR) is 84.0 cm³/mol. The van der Waals surface area contributed by atoms with Gasteiger partial charge in [-0.1, -0.05) is 17.8 Å². The molecular formula is C15H19N3O2S. The highest BCUT2D eigenvalue weighted by Gasteiger charge is 2.14. The van der Waals surface area contributed by atoms with E-state index in [1.54, 1.807) is 28.9 Å². The Kier molecular flexibility index (Phi) is 5.41. The largest absolute Gasteiger partial charge is 0.395 e. The van der Waals surface area contributed by atoms with Crippen molar-refractivity contribution in [1.82, 2.24) is 14.5 Å². The fourth-order valence-corrected chi connectivity index (χ4v) is 2.66. The second kappa shape index (κ2) is 7.28. The molecule has 0 bridgehead atoms. The zero-order chi connectivity index (χ0) is 15.2. The minimum Gasteiger partial charge on any atom is -0.395 e. The highest BCUT2D eigenvalue weighted by Crippen LogP contribution is 2.19. The van der Waals surface area contributed by atoms with E-state index in [1.165, 1.54) is 0 Å². The van der Waals surface area contributed by atoms with E-state index in [0.717, 1.165) is 10.8 Å². The number of aliphatic hydroxyl groups is 1. The Morgan fingerprint density at radius 2 is 2.29 bits per heavy atom. The fourth-order valence-electron chi connectivity index (χ4n) is 2.13. The van der Waals surface area contributed by atoms with Gasteiger partial charge in [0, 0.05) is 36.7 Å². The number of hydrogen-bond acceptors (Lipinski definition) is 4. The van der Waals surface area contributed by atoms with Gasteiger partial charge in [0.05, 0.1) is 6.61 Å². The lowest BCUT2D eigenvalue weighted by Crippen LogP contribution is -2.33. The van der Waals surface area contributed by atoms with Crippen molar-refractivity contribution in [2.75, 3.05) is 26.0 Å².